The molecule has 1 aromatic carbocycles. The Bertz CT molecular complexity index is 910. The molecule has 1 aromatic heterocycles. The second kappa shape index (κ2) is 8.72. The molecule has 1 N–H and O–H groups in total. The van der Waals surface area contributed by atoms with Gasteiger partial charge in [-0.1, -0.05) is 40.4 Å². The Morgan fingerprint density at radius 3 is 2.83 bits per heavy atom. The highest BCUT2D eigenvalue weighted by atomic mass is 35.5. The van der Waals surface area contributed by atoms with Crippen LogP contribution in [0.4, 0.5) is 5.69 Å². The first kappa shape index (κ1) is 20.8. The summed E-state index contributed by atoms with van der Waals surface area (Å²) in [7, 11) is 1.78. The lowest BCUT2D eigenvalue weighted by Crippen LogP contribution is -2.33. The maximum absolute atomic E-state index is 12.5. The number of nitrogens with one attached hydrogen (secondary N) is 1. The molecule has 3 atom stereocenters. The number of hydrogen-bond acceptors (Lipinski definition) is 4. The summed E-state index contributed by atoms with van der Waals surface area (Å²) in [4.78, 5) is 18.7. The number of carbonyl (C=O) groups excluding carboxylic acids is 1. The van der Waals surface area contributed by atoms with Crippen molar-refractivity contribution in [2.45, 2.75) is 31.8 Å². The third-order valence-electron chi connectivity index (χ3n) is 5.61. The van der Waals surface area contributed by atoms with E-state index in [0.29, 0.717) is 34.5 Å². The van der Waals surface area contributed by atoms with Gasteiger partial charge >= 0.3 is 0 Å². The largest absolute Gasteiger partial charge is 0.616 e. The van der Waals surface area contributed by atoms with Crippen molar-refractivity contribution >= 4 is 46.0 Å². The highest BCUT2D eigenvalue weighted by molar-refractivity contribution is 7.91. The van der Waals surface area contributed by atoms with Gasteiger partial charge in [0.15, 0.2) is 0 Å². The maximum Gasteiger partial charge on any atom is 0.230 e. The van der Waals surface area contributed by atoms with Crippen molar-refractivity contribution in [2.24, 2.45) is 5.92 Å². The Morgan fingerprint density at radius 2 is 2.14 bits per heavy atom. The molecule has 1 saturated heterocycles. The fourth-order valence-corrected chi connectivity index (χ4v) is 5.97. The first-order valence-electron chi connectivity index (χ1n) is 9.68. The van der Waals surface area contributed by atoms with Crippen molar-refractivity contribution in [3.05, 3.63) is 57.3 Å². The van der Waals surface area contributed by atoms with Gasteiger partial charge in [-0.2, -0.15) is 0 Å². The molecule has 3 unspecified atom stereocenters. The van der Waals surface area contributed by atoms with E-state index in [4.69, 9.17) is 23.2 Å². The summed E-state index contributed by atoms with van der Waals surface area (Å²) in [5.41, 5.74) is 4.12. The van der Waals surface area contributed by atoms with Gasteiger partial charge in [0, 0.05) is 19.5 Å². The quantitative estimate of drug-likeness (QED) is 0.703. The molecule has 1 amide bonds. The van der Waals surface area contributed by atoms with Gasteiger partial charge in [0.05, 0.1) is 40.1 Å². The predicted octanol–water partition coefficient (Wildman–Crippen LogP) is 3.69. The number of pyridine rings is 1. The Morgan fingerprint density at radius 1 is 1.31 bits per heavy atom. The molecule has 2 aromatic rings. The molecule has 4 rings (SSSR count). The average molecular weight is 452 g/mol. The van der Waals surface area contributed by atoms with Gasteiger partial charge in [-0.25, -0.2) is 0 Å². The van der Waals surface area contributed by atoms with E-state index >= 15 is 0 Å². The van der Waals surface area contributed by atoms with Crippen LogP contribution < -0.4 is 5.32 Å². The molecule has 0 spiro atoms. The summed E-state index contributed by atoms with van der Waals surface area (Å²) in [5.74, 6) is 1.05. The molecule has 8 heteroatoms. The molecule has 2 heterocycles. The Labute approximate surface area is 184 Å². The van der Waals surface area contributed by atoms with Gasteiger partial charge in [-0.3, -0.25) is 9.78 Å². The molecule has 0 saturated carbocycles. The number of benzene rings is 1. The highest BCUT2D eigenvalue weighted by Gasteiger charge is 2.33. The van der Waals surface area contributed by atoms with Gasteiger partial charge in [0.25, 0.3) is 0 Å². The molecule has 1 fully saturated rings. The summed E-state index contributed by atoms with van der Waals surface area (Å²) >= 11 is 11.6. The number of hydrogen-bond donors (Lipinski definition) is 1. The van der Waals surface area contributed by atoms with Crippen molar-refractivity contribution < 1.29 is 9.35 Å². The van der Waals surface area contributed by atoms with E-state index in [9.17, 15) is 9.35 Å². The van der Waals surface area contributed by atoms with Crippen LogP contribution in [-0.2, 0) is 35.4 Å². The molecule has 5 nitrogen and oxygen atoms in total. The number of carbonyl (C=O) groups is 1. The number of fused-ring (bicyclic) bond motifs is 1. The number of nitrogens with zero attached hydrogens (tertiary/aromatic N) is 2. The van der Waals surface area contributed by atoms with E-state index in [1.165, 1.54) is 5.56 Å². The van der Waals surface area contributed by atoms with Crippen LogP contribution in [0.2, 0.25) is 10.0 Å². The van der Waals surface area contributed by atoms with Crippen molar-refractivity contribution in [3.63, 3.8) is 0 Å². The molecular formula is C21H23Cl2N3O2S. The normalized spacial score (nSPS) is 23.1. The molecule has 0 bridgehead atoms. The molecule has 0 radical (unpaired) electrons. The Kier molecular flexibility index (Phi) is 6.25. The number of aromatic nitrogens is 1. The van der Waals surface area contributed by atoms with E-state index < -0.39 is 11.2 Å². The first-order chi connectivity index (χ1) is 13.9. The molecule has 1 aliphatic heterocycles. The molecule has 29 heavy (non-hydrogen) atoms. The first-order valence-corrected chi connectivity index (χ1v) is 11.9. The van der Waals surface area contributed by atoms with Crippen LogP contribution in [0.3, 0.4) is 0 Å². The number of amides is 1. The van der Waals surface area contributed by atoms with E-state index in [1.807, 2.05) is 24.3 Å². The Balaban J connectivity index is 1.33. The Hall–Kier alpha value is -1.47. The lowest BCUT2D eigenvalue weighted by Gasteiger charge is -2.20. The fraction of sp³-hybridized carbons (Fsp3) is 0.429. The van der Waals surface area contributed by atoms with Gasteiger partial charge < -0.3 is 14.8 Å². The summed E-state index contributed by atoms with van der Waals surface area (Å²) < 4.78 is 11.5. The van der Waals surface area contributed by atoms with Gasteiger partial charge in [-0.15, -0.1) is 0 Å². The van der Waals surface area contributed by atoms with Crippen LogP contribution in [0.15, 0.2) is 30.5 Å². The summed E-state index contributed by atoms with van der Waals surface area (Å²) in [6.45, 7) is 0.450. The average Bonchev–Trinajstić information content (AvgIpc) is 3.32. The topological polar surface area (TPSA) is 68.3 Å². The lowest BCUT2D eigenvalue weighted by atomic mass is 10.1. The van der Waals surface area contributed by atoms with Gasteiger partial charge in [0.2, 0.25) is 5.91 Å². The molecule has 154 valence electrons. The second-order valence-corrected chi connectivity index (χ2v) is 10.2. The number of halogens is 2. The molecular weight excluding hydrogens is 429 g/mol. The van der Waals surface area contributed by atoms with E-state index in [1.54, 1.807) is 18.1 Å². The zero-order chi connectivity index (χ0) is 20.5. The van der Waals surface area contributed by atoms with Crippen LogP contribution in [0.1, 0.15) is 23.2 Å². The van der Waals surface area contributed by atoms with Crippen molar-refractivity contribution in [3.8, 4) is 0 Å². The minimum Gasteiger partial charge on any atom is -0.616 e. The van der Waals surface area contributed by atoms with Crippen LogP contribution >= 0.6 is 23.2 Å². The summed E-state index contributed by atoms with van der Waals surface area (Å²) in [6.07, 6.45) is 4.24. The second-order valence-electron chi connectivity index (χ2n) is 7.78. The van der Waals surface area contributed by atoms with Crippen molar-refractivity contribution in [2.75, 3.05) is 23.9 Å². The van der Waals surface area contributed by atoms with Crippen LogP contribution in [-0.4, -0.2) is 44.9 Å². The monoisotopic (exact) mass is 451 g/mol. The third kappa shape index (κ3) is 4.66. The SMILES string of the molecule is CN(Cc1ccc(NC2Cc3ccc(Cl)c(Cl)c3C2)cn1)C(=O)C1CC[S+]([O-])C1. The predicted molar refractivity (Wildman–Crippen MR) is 118 cm³/mol. The zero-order valence-corrected chi connectivity index (χ0v) is 18.5. The zero-order valence-electron chi connectivity index (χ0n) is 16.2. The standard InChI is InChI=1S/C21H23Cl2N3O2S/c1-26(21(27)14-6-7-29(28)12-14)11-16-4-3-15(10-24-16)25-17-8-13-2-5-19(22)20(23)18(13)9-17/h2-5,10,14,17,25H,6-9,11-12H2,1H3. The highest BCUT2D eigenvalue weighted by Crippen LogP contribution is 2.35. The van der Waals surface area contributed by atoms with E-state index in [-0.39, 0.29) is 17.9 Å². The summed E-state index contributed by atoms with van der Waals surface area (Å²) in [6, 6.07) is 8.07. The third-order valence-corrected chi connectivity index (χ3v) is 7.92. The van der Waals surface area contributed by atoms with E-state index in [0.717, 1.165) is 29.8 Å². The maximum atomic E-state index is 12.5. The minimum absolute atomic E-state index is 0.0547. The van der Waals surface area contributed by atoms with Crippen LogP contribution in [0.5, 0.6) is 0 Å². The van der Waals surface area contributed by atoms with Crippen molar-refractivity contribution in [1.82, 2.24) is 9.88 Å². The summed E-state index contributed by atoms with van der Waals surface area (Å²) in [5, 5.41) is 4.76. The lowest BCUT2D eigenvalue weighted by molar-refractivity contribution is -0.133. The fourth-order valence-electron chi connectivity index (χ4n) is 4.06. The van der Waals surface area contributed by atoms with Gasteiger partial charge in [0.1, 0.15) is 11.5 Å². The molecule has 1 aliphatic carbocycles. The molecule has 2 aliphatic rings. The van der Waals surface area contributed by atoms with E-state index in [2.05, 4.69) is 10.3 Å². The van der Waals surface area contributed by atoms with Crippen LogP contribution in [0, 0.1) is 5.92 Å². The van der Waals surface area contributed by atoms with Crippen LogP contribution in [0.25, 0.3) is 0 Å². The number of rotatable bonds is 5. The van der Waals surface area contributed by atoms with Crippen molar-refractivity contribution in [1.29, 1.82) is 0 Å². The van der Waals surface area contributed by atoms with Gasteiger partial charge in [-0.05, 0) is 42.2 Å². The number of anilines is 1. The minimum atomic E-state index is -0.847. The smallest absolute Gasteiger partial charge is 0.230 e.